The lowest BCUT2D eigenvalue weighted by Crippen LogP contribution is -2.39. The van der Waals surface area contributed by atoms with Gasteiger partial charge < -0.3 is 10.2 Å². The summed E-state index contributed by atoms with van der Waals surface area (Å²) in [6.45, 7) is 3.94. The number of hydrogen-bond acceptors (Lipinski definition) is 2. The zero-order valence-corrected chi connectivity index (χ0v) is 13.1. The Balaban J connectivity index is 0.00000256. The number of guanidine groups is 1. The lowest BCUT2D eigenvalue weighted by molar-refractivity contribution is 0.464. The first-order chi connectivity index (χ1) is 7.77. The Morgan fingerprint density at radius 3 is 2.88 bits per heavy atom. The van der Waals surface area contributed by atoms with Gasteiger partial charge in [-0.05, 0) is 12.5 Å². The fourth-order valence-corrected chi connectivity index (χ4v) is 1.44. The second kappa shape index (κ2) is 9.26. The summed E-state index contributed by atoms with van der Waals surface area (Å²) in [5, 5.41) is 10.1. The van der Waals surface area contributed by atoms with Crippen LogP contribution >= 0.6 is 24.0 Å². The molecule has 0 saturated carbocycles. The average Bonchev–Trinajstić information content (AvgIpc) is 2.80. The third-order valence-corrected chi connectivity index (χ3v) is 2.42. The molecule has 1 heterocycles. The van der Waals surface area contributed by atoms with E-state index < -0.39 is 0 Å². The molecule has 0 atom stereocenters. The van der Waals surface area contributed by atoms with Crippen LogP contribution in [0.15, 0.2) is 17.3 Å². The second-order valence-corrected chi connectivity index (χ2v) is 3.76. The van der Waals surface area contributed by atoms with E-state index in [2.05, 4.69) is 39.4 Å². The fraction of sp³-hybridized carbons (Fsp3) is 0.636. The Morgan fingerprint density at radius 1 is 1.59 bits per heavy atom. The van der Waals surface area contributed by atoms with Gasteiger partial charge in [0.05, 0.1) is 12.2 Å². The molecular formula is C11H22IN5. The molecule has 17 heavy (non-hydrogen) atoms. The molecule has 1 aromatic rings. The highest BCUT2D eigenvalue weighted by molar-refractivity contribution is 14.0. The van der Waals surface area contributed by atoms with Gasteiger partial charge in [-0.1, -0.05) is 13.3 Å². The van der Waals surface area contributed by atoms with E-state index in [1.807, 2.05) is 6.07 Å². The van der Waals surface area contributed by atoms with Crippen LogP contribution < -0.4 is 5.32 Å². The predicted octanol–water partition coefficient (Wildman–Crippen LogP) is 1.83. The molecule has 1 rings (SSSR count). The minimum Gasteiger partial charge on any atom is -0.351 e. The summed E-state index contributed by atoms with van der Waals surface area (Å²) >= 11 is 0. The largest absolute Gasteiger partial charge is 0.351 e. The quantitative estimate of drug-likeness (QED) is 0.484. The lowest BCUT2D eigenvalue weighted by atomic mass is 10.3. The maximum absolute atomic E-state index is 4.24. The topological polar surface area (TPSA) is 56.3 Å². The first-order valence-corrected chi connectivity index (χ1v) is 5.68. The highest BCUT2D eigenvalue weighted by Crippen LogP contribution is 1.95. The van der Waals surface area contributed by atoms with Crippen LogP contribution in [0.25, 0.3) is 0 Å². The number of rotatable bonds is 5. The third kappa shape index (κ3) is 5.90. The number of aliphatic imine (C=N–C) groups is 1. The number of unbranched alkanes of at least 4 members (excludes halogenated alkanes) is 1. The van der Waals surface area contributed by atoms with Crippen LogP contribution in [0.4, 0.5) is 0 Å². The number of aromatic amines is 1. The molecule has 0 bridgehead atoms. The van der Waals surface area contributed by atoms with Gasteiger partial charge in [0.2, 0.25) is 0 Å². The van der Waals surface area contributed by atoms with Crippen molar-refractivity contribution in [2.24, 2.45) is 4.99 Å². The van der Waals surface area contributed by atoms with Crippen molar-refractivity contribution in [2.45, 2.75) is 26.3 Å². The summed E-state index contributed by atoms with van der Waals surface area (Å²) in [6, 6.07) is 1.95. The number of nitrogens with zero attached hydrogens (tertiary/aromatic N) is 3. The monoisotopic (exact) mass is 351 g/mol. The van der Waals surface area contributed by atoms with Gasteiger partial charge in [0.25, 0.3) is 0 Å². The molecule has 0 fully saturated rings. The van der Waals surface area contributed by atoms with Crippen LogP contribution in [-0.4, -0.2) is 41.7 Å². The molecule has 0 aliphatic rings. The Morgan fingerprint density at radius 2 is 2.35 bits per heavy atom. The van der Waals surface area contributed by atoms with E-state index in [4.69, 9.17) is 0 Å². The Hall–Kier alpha value is -0.790. The van der Waals surface area contributed by atoms with E-state index in [1.165, 1.54) is 12.8 Å². The first-order valence-electron chi connectivity index (χ1n) is 5.68. The van der Waals surface area contributed by atoms with Crippen LogP contribution in [-0.2, 0) is 6.54 Å². The van der Waals surface area contributed by atoms with Gasteiger partial charge in [-0.25, -0.2) is 0 Å². The molecule has 1 aromatic heterocycles. The van der Waals surface area contributed by atoms with Gasteiger partial charge in [0.1, 0.15) is 0 Å². The SMILES string of the molecule is CCCCN(C)C(=NC)NCc1ccn[nH]1.I. The van der Waals surface area contributed by atoms with E-state index in [0.29, 0.717) is 0 Å². The van der Waals surface area contributed by atoms with Gasteiger partial charge in [-0.2, -0.15) is 5.10 Å². The Kier molecular flexibility index (Phi) is 8.83. The Bertz CT molecular complexity index is 310. The summed E-state index contributed by atoms with van der Waals surface area (Å²) in [7, 11) is 3.86. The molecular weight excluding hydrogens is 329 g/mol. The van der Waals surface area contributed by atoms with Gasteiger partial charge in [0.15, 0.2) is 5.96 Å². The molecule has 6 heteroatoms. The summed E-state index contributed by atoms with van der Waals surface area (Å²) < 4.78 is 0. The molecule has 0 saturated heterocycles. The van der Waals surface area contributed by atoms with Crippen molar-refractivity contribution >= 4 is 29.9 Å². The smallest absolute Gasteiger partial charge is 0.193 e. The fourth-order valence-electron chi connectivity index (χ4n) is 1.44. The standard InChI is InChI=1S/C11H21N5.HI/c1-4-5-8-16(3)11(12-2)13-9-10-6-7-14-15-10;/h6-7H,4-5,8-9H2,1-3H3,(H,12,13)(H,14,15);1H. The van der Waals surface area contributed by atoms with Crippen molar-refractivity contribution in [3.63, 3.8) is 0 Å². The predicted molar refractivity (Wildman–Crippen MR) is 81.7 cm³/mol. The van der Waals surface area contributed by atoms with E-state index in [1.54, 1.807) is 13.2 Å². The van der Waals surface area contributed by atoms with Crippen LogP contribution in [0.1, 0.15) is 25.5 Å². The van der Waals surface area contributed by atoms with Crippen molar-refractivity contribution in [3.8, 4) is 0 Å². The number of hydrogen-bond donors (Lipinski definition) is 2. The number of aromatic nitrogens is 2. The van der Waals surface area contributed by atoms with Crippen molar-refractivity contribution in [3.05, 3.63) is 18.0 Å². The molecule has 98 valence electrons. The summed E-state index contributed by atoms with van der Waals surface area (Å²) in [4.78, 5) is 6.38. The summed E-state index contributed by atoms with van der Waals surface area (Å²) in [5.41, 5.74) is 1.06. The van der Waals surface area contributed by atoms with Crippen molar-refractivity contribution in [1.29, 1.82) is 0 Å². The van der Waals surface area contributed by atoms with Gasteiger partial charge in [0, 0.05) is 26.8 Å². The third-order valence-electron chi connectivity index (χ3n) is 2.42. The molecule has 2 N–H and O–H groups in total. The molecule has 0 aliphatic carbocycles. The molecule has 0 unspecified atom stereocenters. The summed E-state index contributed by atoms with van der Waals surface area (Å²) in [6.07, 6.45) is 4.13. The molecule has 0 aliphatic heterocycles. The highest BCUT2D eigenvalue weighted by atomic mass is 127. The van der Waals surface area contributed by atoms with Crippen LogP contribution in [0.2, 0.25) is 0 Å². The van der Waals surface area contributed by atoms with Gasteiger partial charge in [-0.15, -0.1) is 24.0 Å². The molecule has 0 radical (unpaired) electrons. The molecule has 0 spiro atoms. The number of halogens is 1. The summed E-state index contributed by atoms with van der Waals surface area (Å²) in [5.74, 6) is 0.919. The zero-order chi connectivity index (χ0) is 11.8. The molecule has 5 nitrogen and oxygen atoms in total. The lowest BCUT2D eigenvalue weighted by Gasteiger charge is -2.21. The average molecular weight is 351 g/mol. The molecule has 0 amide bonds. The van der Waals surface area contributed by atoms with E-state index in [9.17, 15) is 0 Å². The van der Waals surface area contributed by atoms with E-state index in [0.717, 1.165) is 24.7 Å². The molecule has 0 aromatic carbocycles. The van der Waals surface area contributed by atoms with Gasteiger partial charge in [-0.3, -0.25) is 10.1 Å². The Labute approximate surface area is 120 Å². The normalized spacial score (nSPS) is 10.9. The van der Waals surface area contributed by atoms with E-state index >= 15 is 0 Å². The van der Waals surface area contributed by atoms with Crippen molar-refractivity contribution in [2.75, 3.05) is 20.6 Å². The second-order valence-electron chi connectivity index (χ2n) is 3.76. The number of H-pyrrole nitrogens is 1. The van der Waals surface area contributed by atoms with Crippen LogP contribution in [0.5, 0.6) is 0 Å². The zero-order valence-electron chi connectivity index (χ0n) is 10.7. The van der Waals surface area contributed by atoms with Crippen LogP contribution in [0.3, 0.4) is 0 Å². The van der Waals surface area contributed by atoms with Crippen molar-refractivity contribution < 1.29 is 0 Å². The minimum absolute atomic E-state index is 0. The first kappa shape index (κ1) is 16.2. The van der Waals surface area contributed by atoms with Crippen molar-refractivity contribution in [1.82, 2.24) is 20.4 Å². The minimum atomic E-state index is 0. The number of nitrogens with one attached hydrogen (secondary N) is 2. The maximum Gasteiger partial charge on any atom is 0.193 e. The van der Waals surface area contributed by atoms with E-state index in [-0.39, 0.29) is 24.0 Å². The highest BCUT2D eigenvalue weighted by Gasteiger charge is 2.04. The maximum atomic E-state index is 4.24. The van der Waals surface area contributed by atoms with Gasteiger partial charge >= 0.3 is 0 Å². The van der Waals surface area contributed by atoms with Crippen LogP contribution in [0, 0.1) is 0 Å².